The van der Waals surface area contributed by atoms with Crippen molar-refractivity contribution in [1.29, 1.82) is 0 Å². The number of aliphatic carboxylic acids is 1. The number of rotatable bonds is 3. The third kappa shape index (κ3) is 2.91. The highest BCUT2D eigenvalue weighted by molar-refractivity contribution is 5.74. The van der Waals surface area contributed by atoms with Gasteiger partial charge in [0.05, 0.1) is 5.41 Å². The molecule has 0 radical (unpaired) electrons. The summed E-state index contributed by atoms with van der Waals surface area (Å²) in [7, 11) is 0. The van der Waals surface area contributed by atoms with Gasteiger partial charge in [0.25, 0.3) is 0 Å². The van der Waals surface area contributed by atoms with E-state index in [9.17, 15) is 9.90 Å². The van der Waals surface area contributed by atoms with Crippen LogP contribution in [-0.4, -0.2) is 29.1 Å². The number of likely N-dealkylation sites (tertiary alicyclic amines) is 1. The van der Waals surface area contributed by atoms with E-state index < -0.39 is 11.4 Å². The minimum Gasteiger partial charge on any atom is -0.481 e. The fraction of sp³-hybridized carbons (Fsp3) is 0.533. The number of piperidine rings is 1. The highest BCUT2D eigenvalue weighted by atomic mass is 16.4. The Kier molecular flexibility index (Phi) is 3.71. The second-order valence-electron chi connectivity index (χ2n) is 5.67. The van der Waals surface area contributed by atoms with E-state index in [1.807, 2.05) is 6.92 Å². The molecule has 18 heavy (non-hydrogen) atoms. The molecule has 0 saturated carbocycles. The maximum absolute atomic E-state index is 11.3. The van der Waals surface area contributed by atoms with Crippen LogP contribution in [0, 0.1) is 12.3 Å². The first kappa shape index (κ1) is 13.1. The predicted molar refractivity (Wildman–Crippen MR) is 71.4 cm³/mol. The Bertz CT molecular complexity index is 444. The lowest BCUT2D eigenvalue weighted by atomic mass is 9.82. The Hall–Kier alpha value is -1.35. The second-order valence-corrected chi connectivity index (χ2v) is 5.67. The van der Waals surface area contributed by atoms with Gasteiger partial charge in [-0.15, -0.1) is 0 Å². The Labute approximate surface area is 108 Å². The van der Waals surface area contributed by atoms with Crippen LogP contribution >= 0.6 is 0 Å². The van der Waals surface area contributed by atoms with Crippen LogP contribution in [0.15, 0.2) is 24.3 Å². The van der Waals surface area contributed by atoms with E-state index in [0.717, 1.165) is 25.9 Å². The lowest BCUT2D eigenvalue weighted by molar-refractivity contribution is -0.151. The summed E-state index contributed by atoms with van der Waals surface area (Å²) in [5.74, 6) is -0.670. The highest BCUT2D eigenvalue weighted by Gasteiger charge is 2.37. The Morgan fingerprint density at radius 1 is 1.50 bits per heavy atom. The molecule has 0 spiro atoms. The van der Waals surface area contributed by atoms with Gasteiger partial charge in [-0.3, -0.25) is 9.69 Å². The van der Waals surface area contributed by atoms with Crippen molar-refractivity contribution in [3.63, 3.8) is 0 Å². The predicted octanol–water partition coefficient (Wildman–Crippen LogP) is 2.68. The number of carboxylic acid groups (broad SMARTS) is 1. The summed E-state index contributed by atoms with van der Waals surface area (Å²) >= 11 is 0. The van der Waals surface area contributed by atoms with Crippen LogP contribution in [0.1, 0.15) is 30.9 Å². The zero-order valence-electron chi connectivity index (χ0n) is 11.1. The molecule has 0 amide bonds. The van der Waals surface area contributed by atoms with Crippen LogP contribution in [-0.2, 0) is 11.3 Å². The van der Waals surface area contributed by atoms with Gasteiger partial charge >= 0.3 is 5.97 Å². The van der Waals surface area contributed by atoms with Gasteiger partial charge in [0, 0.05) is 13.1 Å². The Morgan fingerprint density at radius 3 is 2.94 bits per heavy atom. The first-order valence-electron chi connectivity index (χ1n) is 6.51. The molecular formula is C15H21NO2. The molecule has 3 nitrogen and oxygen atoms in total. The molecule has 1 aliphatic rings. The topological polar surface area (TPSA) is 40.5 Å². The molecule has 1 heterocycles. The number of nitrogens with zero attached hydrogens (tertiary/aromatic N) is 1. The first-order chi connectivity index (χ1) is 8.49. The number of carboxylic acids is 1. The molecule has 1 N–H and O–H groups in total. The smallest absolute Gasteiger partial charge is 0.310 e. The molecule has 1 atom stereocenters. The summed E-state index contributed by atoms with van der Waals surface area (Å²) in [5, 5.41) is 9.30. The largest absolute Gasteiger partial charge is 0.481 e. The molecule has 0 bridgehead atoms. The van der Waals surface area contributed by atoms with Gasteiger partial charge in [0.1, 0.15) is 0 Å². The van der Waals surface area contributed by atoms with E-state index in [1.54, 1.807) is 0 Å². The summed E-state index contributed by atoms with van der Waals surface area (Å²) < 4.78 is 0. The molecule has 0 aliphatic carbocycles. The molecule has 1 unspecified atom stereocenters. The van der Waals surface area contributed by atoms with Crippen molar-refractivity contribution in [2.45, 2.75) is 33.2 Å². The zero-order valence-corrected chi connectivity index (χ0v) is 11.1. The van der Waals surface area contributed by atoms with Crippen LogP contribution in [0.4, 0.5) is 0 Å². The molecule has 1 aliphatic heterocycles. The van der Waals surface area contributed by atoms with Crippen molar-refractivity contribution in [2.75, 3.05) is 13.1 Å². The monoisotopic (exact) mass is 247 g/mol. The maximum atomic E-state index is 11.3. The summed E-state index contributed by atoms with van der Waals surface area (Å²) in [6.45, 7) is 6.44. The van der Waals surface area contributed by atoms with Crippen LogP contribution in [0.3, 0.4) is 0 Å². The Morgan fingerprint density at radius 2 is 2.28 bits per heavy atom. The molecule has 0 aromatic heterocycles. The number of carbonyl (C=O) groups is 1. The van der Waals surface area contributed by atoms with Crippen molar-refractivity contribution in [3.8, 4) is 0 Å². The molecule has 2 rings (SSSR count). The first-order valence-corrected chi connectivity index (χ1v) is 6.51. The van der Waals surface area contributed by atoms with Gasteiger partial charge in [-0.05, 0) is 38.8 Å². The summed E-state index contributed by atoms with van der Waals surface area (Å²) in [5.41, 5.74) is 1.94. The molecule has 3 heteroatoms. The zero-order chi connectivity index (χ0) is 13.2. The number of hydrogen-bond acceptors (Lipinski definition) is 2. The van der Waals surface area contributed by atoms with Gasteiger partial charge in [-0.2, -0.15) is 0 Å². The number of hydrogen-bond donors (Lipinski definition) is 1. The minimum atomic E-state index is -0.670. The van der Waals surface area contributed by atoms with Crippen molar-refractivity contribution in [1.82, 2.24) is 4.90 Å². The summed E-state index contributed by atoms with van der Waals surface area (Å²) in [6, 6.07) is 8.43. The Balaban J connectivity index is 2.04. The van der Waals surface area contributed by atoms with Gasteiger partial charge in [-0.25, -0.2) is 0 Å². The number of benzene rings is 1. The average Bonchev–Trinajstić information content (AvgIpc) is 2.29. The lowest BCUT2D eigenvalue weighted by Gasteiger charge is -2.37. The highest BCUT2D eigenvalue weighted by Crippen LogP contribution is 2.30. The van der Waals surface area contributed by atoms with Crippen LogP contribution in [0.2, 0.25) is 0 Å². The normalized spacial score (nSPS) is 25.0. The molecule has 1 aromatic rings. The quantitative estimate of drug-likeness (QED) is 0.892. The summed E-state index contributed by atoms with van der Waals surface area (Å²) in [6.07, 6.45) is 1.75. The lowest BCUT2D eigenvalue weighted by Crippen LogP contribution is -2.45. The van der Waals surface area contributed by atoms with Crippen molar-refractivity contribution < 1.29 is 9.90 Å². The van der Waals surface area contributed by atoms with Gasteiger partial charge in [-0.1, -0.05) is 29.8 Å². The van der Waals surface area contributed by atoms with E-state index >= 15 is 0 Å². The molecule has 98 valence electrons. The van der Waals surface area contributed by atoms with Gasteiger partial charge in [0.2, 0.25) is 0 Å². The fourth-order valence-electron chi connectivity index (χ4n) is 2.72. The third-order valence-electron chi connectivity index (χ3n) is 3.78. The maximum Gasteiger partial charge on any atom is 0.310 e. The third-order valence-corrected chi connectivity index (χ3v) is 3.78. The van der Waals surface area contributed by atoms with Gasteiger partial charge in [0.15, 0.2) is 0 Å². The van der Waals surface area contributed by atoms with Crippen LogP contribution in [0.5, 0.6) is 0 Å². The van der Waals surface area contributed by atoms with E-state index in [1.165, 1.54) is 11.1 Å². The van der Waals surface area contributed by atoms with E-state index in [0.29, 0.717) is 6.54 Å². The van der Waals surface area contributed by atoms with E-state index in [-0.39, 0.29) is 0 Å². The SMILES string of the molecule is Cc1cccc(CN2CCCC(C)(C(=O)O)C2)c1. The van der Waals surface area contributed by atoms with Crippen LogP contribution < -0.4 is 0 Å². The molecule has 1 aromatic carbocycles. The minimum absolute atomic E-state index is 0.581. The summed E-state index contributed by atoms with van der Waals surface area (Å²) in [4.78, 5) is 13.6. The van der Waals surface area contributed by atoms with Crippen molar-refractivity contribution in [2.24, 2.45) is 5.41 Å². The van der Waals surface area contributed by atoms with Crippen LogP contribution in [0.25, 0.3) is 0 Å². The van der Waals surface area contributed by atoms with Crippen molar-refractivity contribution >= 4 is 5.97 Å². The molecule has 1 fully saturated rings. The van der Waals surface area contributed by atoms with E-state index in [2.05, 4.69) is 36.1 Å². The van der Waals surface area contributed by atoms with Gasteiger partial charge < -0.3 is 5.11 Å². The van der Waals surface area contributed by atoms with Crippen molar-refractivity contribution in [3.05, 3.63) is 35.4 Å². The second kappa shape index (κ2) is 5.11. The van der Waals surface area contributed by atoms with E-state index in [4.69, 9.17) is 0 Å². The molecular weight excluding hydrogens is 226 g/mol. The fourth-order valence-corrected chi connectivity index (χ4v) is 2.72. The number of aryl methyl sites for hydroxylation is 1. The standard InChI is InChI=1S/C15H21NO2/c1-12-5-3-6-13(9-12)10-16-8-4-7-15(2,11-16)14(17)18/h3,5-6,9H,4,7-8,10-11H2,1-2H3,(H,17,18). The molecule has 1 saturated heterocycles. The average molecular weight is 247 g/mol.